The molecular weight excluding hydrogens is 326 g/mol. The first-order valence-electron chi connectivity index (χ1n) is 8.99. The number of imidazole rings is 1. The predicted molar refractivity (Wildman–Crippen MR) is 101 cm³/mol. The molecule has 1 aliphatic heterocycles. The van der Waals surface area contributed by atoms with Crippen molar-refractivity contribution in [3.8, 4) is 0 Å². The van der Waals surface area contributed by atoms with E-state index in [0.717, 1.165) is 44.2 Å². The number of anilines is 2. The molecule has 0 saturated carbocycles. The smallest absolute Gasteiger partial charge is 0.227 e. The molecule has 26 heavy (non-hydrogen) atoms. The first-order chi connectivity index (χ1) is 12.8. The highest BCUT2D eigenvalue weighted by Crippen LogP contribution is 2.29. The van der Waals surface area contributed by atoms with Crippen molar-refractivity contribution in [3.63, 3.8) is 0 Å². The number of pyridine rings is 1. The lowest BCUT2D eigenvalue weighted by molar-refractivity contribution is 0.466. The second kappa shape index (κ2) is 7.51. The van der Waals surface area contributed by atoms with Crippen LogP contribution >= 0.6 is 0 Å². The van der Waals surface area contributed by atoms with Crippen LogP contribution in [0, 0.1) is 0 Å². The van der Waals surface area contributed by atoms with Gasteiger partial charge in [0.05, 0.1) is 6.54 Å². The Balaban J connectivity index is 1.43. The van der Waals surface area contributed by atoms with E-state index in [1.54, 1.807) is 12.4 Å². The molecule has 1 N–H and O–H groups in total. The summed E-state index contributed by atoms with van der Waals surface area (Å²) in [6.45, 7) is 2.70. The molecule has 0 amide bonds. The van der Waals surface area contributed by atoms with Crippen molar-refractivity contribution >= 4 is 11.8 Å². The third kappa shape index (κ3) is 3.51. The van der Waals surface area contributed by atoms with Gasteiger partial charge in [-0.05, 0) is 30.5 Å². The van der Waals surface area contributed by atoms with Gasteiger partial charge in [0.25, 0.3) is 0 Å². The van der Waals surface area contributed by atoms with Crippen molar-refractivity contribution in [1.29, 1.82) is 0 Å². The topological polar surface area (TPSA) is 71.8 Å². The minimum Gasteiger partial charge on any atom is -0.373 e. The molecule has 7 heteroatoms. The van der Waals surface area contributed by atoms with E-state index in [4.69, 9.17) is 0 Å². The zero-order chi connectivity index (χ0) is 17.8. The van der Waals surface area contributed by atoms with Gasteiger partial charge in [-0.2, -0.15) is 4.98 Å². The second-order valence-corrected chi connectivity index (χ2v) is 6.53. The summed E-state index contributed by atoms with van der Waals surface area (Å²) in [6, 6.07) is 5.96. The van der Waals surface area contributed by atoms with E-state index >= 15 is 0 Å². The molecule has 1 fully saturated rings. The van der Waals surface area contributed by atoms with E-state index in [1.165, 1.54) is 11.4 Å². The van der Waals surface area contributed by atoms with Crippen LogP contribution in [0.5, 0.6) is 0 Å². The van der Waals surface area contributed by atoms with Crippen LogP contribution in [0.4, 0.5) is 11.8 Å². The molecule has 0 bridgehead atoms. The molecule has 1 aliphatic rings. The lowest BCUT2D eigenvalue weighted by Gasteiger charge is -2.32. The highest BCUT2D eigenvalue weighted by molar-refractivity contribution is 5.41. The van der Waals surface area contributed by atoms with Crippen molar-refractivity contribution in [1.82, 2.24) is 24.5 Å². The fraction of sp³-hybridized carbons (Fsp3) is 0.368. The number of nitrogens with zero attached hydrogens (tertiary/aromatic N) is 6. The van der Waals surface area contributed by atoms with Crippen molar-refractivity contribution < 1.29 is 0 Å². The number of piperidine rings is 1. The molecule has 4 rings (SSSR count). The summed E-state index contributed by atoms with van der Waals surface area (Å²) in [7, 11) is 1.88. The average Bonchev–Trinajstić information content (AvgIpc) is 3.17. The van der Waals surface area contributed by atoms with Crippen molar-refractivity contribution in [2.75, 3.05) is 30.4 Å². The summed E-state index contributed by atoms with van der Waals surface area (Å²) >= 11 is 0. The quantitative estimate of drug-likeness (QED) is 0.763. The summed E-state index contributed by atoms with van der Waals surface area (Å²) in [5.74, 6) is 3.28. The van der Waals surface area contributed by atoms with Crippen LogP contribution < -0.4 is 10.2 Å². The zero-order valence-electron chi connectivity index (χ0n) is 14.9. The van der Waals surface area contributed by atoms with Crippen molar-refractivity contribution in [2.45, 2.75) is 25.3 Å². The van der Waals surface area contributed by atoms with E-state index in [9.17, 15) is 0 Å². The molecule has 0 aliphatic carbocycles. The minimum atomic E-state index is 0.463. The number of hydrogen-bond acceptors (Lipinski definition) is 6. The Morgan fingerprint density at radius 3 is 2.77 bits per heavy atom. The van der Waals surface area contributed by atoms with E-state index in [2.05, 4.69) is 47.0 Å². The molecule has 0 spiro atoms. The van der Waals surface area contributed by atoms with Crippen molar-refractivity contribution in [2.24, 2.45) is 0 Å². The van der Waals surface area contributed by atoms with Crippen LogP contribution in [0.25, 0.3) is 0 Å². The maximum absolute atomic E-state index is 4.64. The van der Waals surface area contributed by atoms with Crippen molar-refractivity contribution in [3.05, 3.63) is 60.6 Å². The summed E-state index contributed by atoms with van der Waals surface area (Å²) in [6.07, 6.45) is 11.6. The zero-order valence-corrected chi connectivity index (χ0v) is 14.9. The molecule has 0 atom stereocenters. The second-order valence-electron chi connectivity index (χ2n) is 6.53. The van der Waals surface area contributed by atoms with Gasteiger partial charge in [-0.1, -0.05) is 6.07 Å². The van der Waals surface area contributed by atoms with Gasteiger partial charge in [0, 0.05) is 57.0 Å². The normalized spacial score (nSPS) is 15.2. The Morgan fingerprint density at radius 2 is 2.00 bits per heavy atom. The molecule has 3 aromatic heterocycles. The highest BCUT2D eigenvalue weighted by Gasteiger charge is 2.25. The number of nitrogens with one attached hydrogen (secondary N) is 1. The van der Waals surface area contributed by atoms with Crippen LogP contribution in [0.3, 0.4) is 0 Å². The minimum absolute atomic E-state index is 0.463. The van der Waals surface area contributed by atoms with Crippen LogP contribution in [-0.2, 0) is 6.54 Å². The Hall–Kier alpha value is -2.96. The third-order valence-corrected chi connectivity index (χ3v) is 4.87. The molecule has 134 valence electrons. The molecule has 0 unspecified atom stereocenters. The van der Waals surface area contributed by atoms with Gasteiger partial charge < -0.3 is 14.8 Å². The van der Waals surface area contributed by atoms with Gasteiger partial charge in [0.1, 0.15) is 11.6 Å². The van der Waals surface area contributed by atoms with Gasteiger partial charge in [-0.3, -0.25) is 4.98 Å². The average molecular weight is 349 g/mol. The summed E-state index contributed by atoms with van der Waals surface area (Å²) < 4.78 is 2.25. The van der Waals surface area contributed by atoms with Gasteiger partial charge in [0.2, 0.25) is 5.95 Å². The Bertz CT molecular complexity index is 838. The highest BCUT2D eigenvalue weighted by atomic mass is 15.3. The standard InChI is InChI=1S/C19H23N7/c1-20-17-4-8-23-19(24-17)25-10-5-16(6-11-25)18-22-9-12-26(18)14-15-3-2-7-21-13-15/h2-4,7-9,12-13,16H,5-6,10-11,14H2,1H3,(H,20,23,24). The number of hydrogen-bond donors (Lipinski definition) is 1. The molecule has 0 aromatic carbocycles. The van der Waals surface area contributed by atoms with Gasteiger partial charge in [-0.15, -0.1) is 0 Å². The van der Waals surface area contributed by atoms with E-state index < -0.39 is 0 Å². The van der Waals surface area contributed by atoms with Crippen LogP contribution in [0.2, 0.25) is 0 Å². The van der Waals surface area contributed by atoms with Gasteiger partial charge >= 0.3 is 0 Å². The number of aromatic nitrogens is 5. The SMILES string of the molecule is CNc1ccnc(N2CCC(c3nccn3Cc3cccnc3)CC2)n1. The fourth-order valence-corrected chi connectivity index (χ4v) is 3.48. The van der Waals surface area contributed by atoms with Crippen LogP contribution in [0.1, 0.15) is 30.1 Å². The van der Waals surface area contributed by atoms with Gasteiger partial charge in [-0.25, -0.2) is 9.97 Å². The largest absolute Gasteiger partial charge is 0.373 e. The molecule has 1 saturated heterocycles. The molecule has 4 heterocycles. The van der Waals surface area contributed by atoms with E-state index in [-0.39, 0.29) is 0 Å². The lowest BCUT2D eigenvalue weighted by Crippen LogP contribution is -2.35. The maximum atomic E-state index is 4.64. The summed E-state index contributed by atoms with van der Waals surface area (Å²) in [5.41, 5.74) is 1.20. The Kier molecular flexibility index (Phi) is 4.77. The lowest BCUT2D eigenvalue weighted by atomic mass is 9.96. The first-order valence-corrected chi connectivity index (χ1v) is 8.99. The van der Waals surface area contributed by atoms with Crippen LogP contribution in [-0.4, -0.2) is 44.6 Å². The monoisotopic (exact) mass is 349 g/mol. The molecular formula is C19H23N7. The molecule has 3 aromatic rings. The molecule has 0 radical (unpaired) electrons. The van der Waals surface area contributed by atoms with E-state index in [1.807, 2.05) is 31.6 Å². The molecule has 7 nitrogen and oxygen atoms in total. The summed E-state index contributed by atoms with van der Waals surface area (Å²) in [5, 5.41) is 3.07. The Morgan fingerprint density at radius 1 is 1.12 bits per heavy atom. The maximum Gasteiger partial charge on any atom is 0.227 e. The Labute approximate surface area is 153 Å². The predicted octanol–water partition coefficient (Wildman–Crippen LogP) is 2.54. The van der Waals surface area contributed by atoms with Crippen LogP contribution in [0.15, 0.2) is 49.2 Å². The number of rotatable bonds is 5. The van der Waals surface area contributed by atoms with Gasteiger partial charge in [0.15, 0.2) is 0 Å². The first kappa shape index (κ1) is 16.5. The summed E-state index contributed by atoms with van der Waals surface area (Å²) in [4.78, 5) is 20.1. The fourth-order valence-electron chi connectivity index (χ4n) is 3.48. The third-order valence-electron chi connectivity index (χ3n) is 4.87. The van der Waals surface area contributed by atoms with E-state index in [0.29, 0.717) is 5.92 Å².